The van der Waals surface area contributed by atoms with E-state index < -0.39 is 0 Å². The van der Waals surface area contributed by atoms with Crippen molar-refractivity contribution in [1.82, 2.24) is 14.8 Å². The van der Waals surface area contributed by atoms with E-state index >= 15 is 0 Å². The number of ether oxygens (including phenoxy) is 1. The molecule has 20 heavy (non-hydrogen) atoms. The molecular formula is C15H14N4O. The zero-order chi connectivity index (χ0) is 13.5. The number of benzene rings is 1. The Balaban J connectivity index is 1.90. The summed E-state index contributed by atoms with van der Waals surface area (Å²) in [4.78, 5) is 4.33. The Morgan fingerprint density at radius 1 is 1.25 bits per heavy atom. The quantitative estimate of drug-likeness (QED) is 0.732. The Kier molecular flexibility index (Phi) is 2.47. The lowest BCUT2D eigenvalue weighted by molar-refractivity contribution is 0.110. The minimum absolute atomic E-state index is 0.552. The van der Waals surface area contributed by atoms with Crippen molar-refractivity contribution in [3.8, 4) is 5.69 Å². The first-order chi connectivity index (χ1) is 9.83. The highest BCUT2D eigenvalue weighted by Gasteiger charge is 2.20. The van der Waals surface area contributed by atoms with E-state index in [9.17, 15) is 0 Å². The standard InChI is InChI=1S/C15H14N4O/c16-15-12-9-20-7-5-14(12)19(18-15)11-3-4-13-10(8-11)2-1-6-17-13/h1-4,6,8H,5,7,9H2,(H2,16,18). The Morgan fingerprint density at radius 3 is 3.15 bits per heavy atom. The maximum Gasteiger partial charge on any atom is 0.151 e. The second kappa shape index (κ2) is 4.31. The SMILES string of the molecule is Nc1nn(-c2ccc3ncccc3c2)c2c1COCC2. The van der Waals surface area contributed by atoms with Gasteiger partial charge in [0.25, 0.3) is 0 Å². The molecule has 4 rings (SSSR count). The molecule has 0 amide bonds. The third-order valence-electron chi connectivity index (χ3n) is 3.68. The third-order valence-corrected chi connectivity index (χ3v) is 3.68. The molecule has 0 unspecified atom stereocenters. The fourth-order valence-electron chi connectivity index (χ4n) is 2.67. The van der Waals surface area contributed by atoms with E-state index in [-0.39, 0.29) is 0 Å². The number of nitrogen functional groups attached to an aromatic ring is 1. The number of nitrogens with two attached hydrogens (primary N) is 1. The van der Waals surface area contributed by atoms with Crippen LogP contribution in [0.4, 0.5) is 5.82 Å². The molecule has 0 spiro atoms. The van der Waals surface area contributed by atoms with Gasteiger partial charge in [0, 0.05) is 23.6 Å². The molecule has 1 aromatic carbocycles. The van der Waals surface area contributed by atoms with Gasteiger partial charge >= 0.3 is 0 Å². The summed E-state index contributed by atoms with van der Waals surface area (Å²) in [5, 5.41) is 5.56. The number of fused-ring (bicyclic) bond motifs is 2. The molecule has 0 saturated heterocycles. The summed E-state index contributed by atoms with van der Waals surface area (Å²) in [6.45, 7) is 1.27. The van der Waals surface area contributed by atoms with Crippen LogP contribution in [-0.2, 0) is 17.8 Å². The number of pyridine rings is 1. The molecule has 0 radical (unpaired) electrons. The van der Waals surface area contributed by atoms with Crippen molar-refractivity contribution in [2.45, 2.75) is 13.0 Å². The summed E-state index contributed by atoms with van der Waals surface area (Å²) in [5.74, 6) is 0.561. The molecule has 5 nitrogen and oxygen atoms in total. The van der Waals surface area contributed by atoms with Gasteiger partial charge in [-0.05, 0) is 24.3 Å². The highest BCUT2D eigenvalue weighted by atomic mass is 16.5. The zero-order valence-electron chi connectivity index (χ0n) is 10.9. The Morgan fingerprint density at radius 2 is 2.20 bits per heavy atom. The van der Waals surface area contributed by atoms with Gasteiger partial charge in [0.2, 0.25) is 0 Å². The second-order valence-corrected chi connectivity index (χ2v) is 4.91. The van der Waals surface area contributed by atoms with Gasteiger partial charge in [-0.15, -0.1) is 0 Å². The van der Waals surface area contributed by atoms with Gasteiger partial charge in [0.05, 0.1) is 30.1 Å². The summed E-state index contributed by atoms with van der Waals surface area (Å²) in [6, 6.07) is 10.1. The fourth-order valence-corrected chi connectivity index (χ4v) is 2.67. The topological polar surface area (TPSA) is 66.0 Å². The minimum Gasteiger partial charge on any atom is -0.382 e. The molecule has 0 atom stereocenters. The van der Waals surface area contributed by atoms with Crippen LogP contribution in [0.2, 0.25) is 0 Å². The van der Waals surface area contributed by atoms with E-state index in [2.05, 4.69) is 16.1 Å². The second-order valence-electron chi connectivity index (χ2n) is 4.91. The maximum atomic E-state index is 5.99. The number of hydrogen-bond donors (Lipinski definition) is 1. The Labute approximate surface area is 116 Å². The largest absolute Gasteiger partial charge is 0.382 e. The monoisotopic (exact) mass is 266 g/mol. The molecular weight excluding hydrogens is 252 g/mol. The molecule has 0 saturated carbocycles. The van der Waals surface area contributed by atoms with Crippen molar-refractivity contribution >= 4 is 16.7 Å². The molecule has 0 bridgehead atoms. The Hall–Kier alpha value is -2.40. The summed E-state index contributed by atoms with van der Waals surface area (Å²) in [5.41, 5.74) is 10.1. The van der Waals surface area contributed by atoms with E-state index in [0.717, 1.165) is 34.3 Å². The van der Waals surface area contributed by atoms with E-state index in [0.29, 0.717) is 19.0 Å². The van der Waals surface area contributed by atoms with E-state index in [1.54, 1.807) is 6.20 Å². The van der Waals surface area contributed by atoms with Gasteiger partial charge in [-0.3, -0.25) is 4.98 Å². The lowest BCUT2D eigenvalue weighted by atomic mass is 10.1. The molecule has 3 aromatic rings. The van der Waals surface area contributed by atoms with E-state index in [4.69, 9.17) is 10.5 Å². The zero-order valence-corrected chi connectivity index (χ0v) is 10.9. The van der Waals surface area contributed by atoms with Gasteiger partial charge in [-0.2, -0.15) is 5.10 Å². The predicted molar refractivity (Wildman–Crippen MR) is 76.6 cm³/mol. The molecule has 1 aliphatic rings. The van der Waals surface area contributed by atoms with Crippen molar-refractivity contribution in [3.63, 3.8) is 0 Å². The number of hydrogen-bond acceptors (Lipinski definition) is 4. The fraction of sp³-hybridized carbons (Fsp3) is 0.200. The van der Waals surface area contributed by atoms with Crippen molar-refractivity contribution in [1.29, 1.82) is 0 Å². The van der Waals surface area contributed by atoms with Crippen LogP contribution in [0, 0.1) is 0 Å². The highest BCUT2D eigenvalue weighted by Crippen LogP contribution is 2.26. The molecule has 2 aromatic heterocycles. The first-order valence-corrected chi connectivity index (χ1v) is 6.62. The van der Waals surface area contributed by atoms with Crippen molar-refractivity contribution in [2.24, 2.45) is 0 Å². The number of nitrogens with zero attached hydrogens (tertiary/aromatic N) is 3. The van der Waals surface area contributed by atoms with Crippen LogP contribution in [-0.4, -0.2) is 21.4 Å². The number of anilines is 1. The molecule has 0 fully saturated rings. The molecule has 1 aliphatic heterocycles. The van der Waals surface area contributed by atoms with Crippen molar-refractivity contribution < 1.29 is 4.74 Å². The van der Waals surface area contributed by atoms with Crippen LogP contribution in [0.1, 0.15) is 11.3 Å². The third kappa shape index (κ3) is 1.67. The molecule has 2 N–H and O–H groups in total. The van der Waals surface area contributed by atoms with Crippen LogP contribution in [0.3, 0.4) is 0 Å². The van der Waals surface area contributed by atoms with Crippen LogP contribution in [0.5, 0.6) is 0 Å². The summed E-state index contributed by atoms with van der Waals surface area (Å²) in [6.07, 6.45) is 2.64. The molecule has 0 aliphatic carbocycles. The van der Waals surface area contributed by atoms with Crippen molar-refractivity contribution in [2.75, 3.05) is 12.3 Å². The van der Waals surface area contributed by atoms with Crippen LogP contribution in [0.15, 0.2) is 36.5 Å². The summed E-state index contributed by atoms with van der Waals surface area (Å²) < 4.78 is 7.38. The Bertz CT molecular complexity index is 794. The number of aromatic nitrogens is 3. The summed E-state index contributed by atoms with van der Waals surface area (Å²) in [7, 11) is 0. The maximum absolute atomic E-state index is 5.99. The summed E-state index contributed by atoms with van der Waals surface area (Å²) >= 11 is 0. The smallest absolute Gasteiger partial charge is 0.151 e. The van der Waals surface area contributed by atoms with Crippen LogP contribution >= 0.6 is 0 Å². The molecule has 3 heterocycles. The van der Waals surface area contributed by atoms with Crippen LogP contribution in [0.25, 0.3) is 16.6 Å². The van der Waals surface area contributed by atoms with E-state index in [1.165, 1.54) is 0 Å². The molecule has 5 heteroatoms. The van der Waals surface area contributed by atoms with Crippen molar-refractivity contribution in [3.05, 3.63) is 47.8 Å². The van der Waals surface area contributed by atoms with Crippen LogP contribution < -0.4 is 5.73 Å². The minimum atomic E-state index is 0.552. The normalized spacial score (nSPS) is 14.4. The van der Waals surface area contributed by atoms with Gasteiger partial charge in [0.1, 0.15) is 0 Å². The lowest BCUT2D eigenvalue weighted by Gasteiger charge is -2.14. The van der Waals surface area contributed by atoms with Gasteiger partial charge in [0.15, 0.2) is 5.82 Å². The number of rotatable bonds is 1. The van der Waals surface area contributed by atoms with Gasteiger partial charge in [-0.25, -0.2) is 4.68 Å². The average molecular weight is 266 g/mol. The molecule has 100 valence electrons. The van der Waals surface area contributed by atoms with E-state index in [1.807, 2.05) is 28.9 Å². The van der Waals surface area contributed by atoms with Gasteiger partial charge in [-0.1, -0.05) is 6.07 Å². The lowest BCUT2D eigenvalue weighted by Crippen LogP contribution is -2.13. The average Bonchev–Trinajstić information content (AvgIpc) is 2.85. The highest BCUT2D eigenvalue weighted by molar-refractivity contribution is 5.80. The first-order valence-electron chi connectivity index (χ1n) is 6.62. The predicted octanol–water partition coefficient (Wildman–Crippen LogP) is 2.08. The van der Waals surface area contributed by atoms with Gasteiger partial charge < -0.3 is 10.5 Å². The first kappa shape index (κ1) is 11.4.